The lowest BCUT2D eigenvalue weighted by atomic mass is 9.57. The van der Waals surface area contributed by atoms with E-state index in [2.05, 4.69) is 44.2 Å². The fourth-order valence-electron chi connectivity index (χ4n) is 5.89. The van der Waals surface area contributed by atoms with Crippen LogP contribution in [0.5, 0.6) is 0 Å². The van der Waals surface area contributed by atoms with Crippen LogP contribution in [0.15, 0.2) is 36.8 Å². The van der Waals surface area contributed by atoms with Crippen LogP contribution >= 0.6 is 0 Å². The molecule has 3 aromatic rings. The number of nitrogens with zero attached hydrogens (tertiary/aromatic N) is 6. The van der Waals surface area contributed by atoms with Crippen LogP contribution in [0.3, 0.4) is 0 Å². The molecule has 4 aliphatic rings. The maximum absolute atomic E-state index is 10.6. The summed E-state index contributed by atoms with van der Waals surface area (Å²) in [4.78, 5) is 11.0. The van der Waals surface area contributed by atoms with Gasteiger partial charge in [0.1, 0.15) is 17.7 Å². The van der Waals surface area contributed by atoms with E-state index in [4.69, 9.17) is 0 Å². The Morgan fingerprint density at radius 1 is 1.06 bits per heavy atom. The summed E-state index contributed by atoms with van der Waals surface area (Å²) < 4.78 is 1.84. The van der Waals surface area contributed by atoms with Gasteiger partial charge in [0.15, 0.2) is 5.82 Å². The van der Waals surface area contributed by atoms with Crippen LogP contribution in [0.2, 0.25) is 0 Å². The Kier molecular flexibility index (Phi) is 3.21. The van der Waals surface area contributed by atoms with Gasteiger partial charge in [0.05, 0.1) is 36.3 Å². The zero-order valence-electron chi connectivity index (χ0n) is 17.3. The topological polar surface area (TPSA) is 90.9 Å². The number of hydrogen-bond acceptors (Lipinski definition) is 6. The molecule has 3 aliphatic carbocycles. The minimum atomic E-state index is -0.550. The molecule has 1 aromatic carbocycles. The Morgan fingerprint density at radius 3 is 2.55 bits per heavy atom. The molecule has 7 nitrogen and oxygen atoms in total. The number of hydrogen-bond donors (Lipinski definition) is 1. The Hall–Kier alpha value is -2.98. The average Bonchev–Trinajstić information content (AvgIpc) is 3.67. The van der Waals surface area contributed by atoms with E-state index in [0.29, 0.717) is 30.2 Å². The van der Waals surface area contributed by atoms with Crippen molar-refractivity contribution in [2.45, 2.75) is 49.5 Å². The third-order valence-corrected chi connectivity index (χ3v) is 8.09. The van der Waals surface area contributed by atoms with Gasteiger partial charge in [-0.15, -0.1) is 0 Å². The molecule has 3 saturated carbocycles. The van der Waals surface area contributed by atoms with Crippen LogP contribution in [0, 0.1) is 22.7 Å². The molecular weight excluding hydrogens is 388 g/mol. The van der Waals surface area contributed by atoms with Gasteiger partial charge < -0.3 is 10.0 Å². The molecule has 0 atom stereocenters. The minimum absolute atomic E-state index is 0.360. The molecule has 1 saturated heterocycles. The summed E-state index contributed by atoms with van der Waals surface area (Å²) in [6, 6.07) is 10.8. The third kappa shape index (κ3) is 2.51. The molecule has 0 amide bonds. The van der Waals surface area contributed by atoms with Crippen molar-refractivity contribution in [1.29, 1.82) is 5.26 Å². The molecule has 2 aromatic heterocycles. The standard InChI is InChI=1S/C24H24N6O/c25-12-23(10-22(11-23)5-6-22)18-2-1-16-9-28-30(19(16)7-18)21-8-20(26-15-27-21)29-13-24(31,14-29)17-3-4-17/h1-2,7-9,15,17,31H,3-6,10-11,13-14H2. The van der Waals surface area contributed by atoms with Crippen molar-refractivity contribution in [3.8, 4) is 11.9 Å². The molecular formula is C24H24N6O. The van der Waals surface area contributed by atoms with Crippen LogP contribution in [0.25, 0.3) is 16.7 Å². The molecule has 3 heterocycles. The largest absolute Gasteiger partial charge is 0.386 e. The Bertz CT molecular complexity index is 1250. The van der Waals surface area contributed by atoms with Crippen molar-refractivity contribution in [2.24, 2.45) is 11.3 Å². The fraction of sp³-hybridized carbons (Fsp3) is 0.500. The SMILES string of the molecule is N#CC1(c2ccc3cnn(-c4cc(N5CC(O)(C6CC6)C5)ncn4)c3c2)CC2(CC2)C1. The first-order chi connectivity index (χ1) is 15.0. The van der Waals surface area contributed by atoms with Crippen molar-refractivity contribution in [3.63, 3.8) is 0 Å². The molecule has 0 radical (unpaired) electrons. The van der Waals surface area contributed by atoms with E-state index in [9.17, 15) is 10.4 Å². The lowest BCUT2D eigenvalue weighted by Crippen LogP contribution is -2.63. The van der Waals surface area contributed by atoms with E-state index in [1.165, 1.54) is 12.8 Å². The highest BCUT2D eigenvalue weighted by molar-refractivity contribution is 5.81. The van der Waals surface area contributed by atoms with E-state index in [-0.39, 0.29) is 5.41 Å². The Morgan fingerprint density at radius 2 is 1.84 bits per heavy atom. The number of anilines is 1. The highest BCUT2D eigenvalue weighted by atomic mass is 16.3. The van der Waals surface area contributed by atoms with Crippen LogP contribution in [-0.2, 0) is 5.41 Å². The highest BCUT2D eigenvalue weighted by Crippen LogP contribution is 2.68. The molecule has 0 bridgehead atoms. The quantitative estimate of drug-likeness (QED) is 0.708. The summed E-state index contributed by atoms with van der Waals surface area (Å²) in [7, 11) is 0. The van der Waals surface area contributed by atoms with Crippen LogP contribution in [0.1, 0.15) is 44.1 Å². The zero-order valence-corrected chi connectivity index (χ0v) is 17.3. The Balaban J connectivity index is 1.22. The minimum Gasteiger partial charge on any atom is -0.386 e. The predicted molar refractivity (Wildman–Crippen MR) is 115 cm³/mol. The Labute approximate surface area is 180 Å². The lowest BCUT2D eigenvalue weighted by molar-refractivity contribution is -0.00975. The summed E-state index contributed by atoms with van der Waals surface area (Å²) >= 11 is 0. The molecule has 1 spiro atoms. The van der Waals surface area contributed by atoms with Crippen molar-refractivity contribution in [3.05, 3.63) is 42.4 Å². The fourth-order valence-corrected chi connectivity index (χ4v) is 5.89. The summed E-state index contributed by atoms with van der Waals surface area (Å²) in [5, 5.41) is 26.2. The maximum Gasteiger partial charge on any atom is 0.159 e. The lowest BCUT2D eigenvalue weighted by Gasteiger charge is -2.47. The van der Waals surface area contributed by atoms with Crippen LogP contribution < -0.4 is 4.90 Å². The van der Waals surface area contributed by atoms with Crippen LogP contribution in [-0.4, -0.2) is 43.5 Å². The van der Waals surface area contributed by atoms with Crippen molar-refractivity contribution in [2.75, 3.05) is 18.0 Å². The highest BCUT2D eigenvalue weighted by Gasteiger charge is 2.62. The molecule has 1 N–H and O–H groups in total. The monoisotopic (exact) mass is 412 g/mol. The van der Waals surface area contributed by atoms with Gasteiger partial charge in [-0.2, -0.15) is 10.4 Å². The zero-order chi connectivity index (χ0) is 20.8. The second-order valence-electron chi connectivity index (χ2n) is 10.3. The molecule has 156 valence electrons. The summed E-state index contributed by atoms with van der Waals surface area (Å²) in [6.07, 6.45) is 10.2. The van der Waals surface area contributed by atoms with Gasteiger partial charge in [-0.3, -0.25) is 0 Å². The van der Waals surface area contributed by atoms with Gasteiger partial charge >= 0.3 is 0 Å². The first-order valence-corrected chi connectivity index (χ1v) is 11.2. The predicted octanol–water partition coefficient (Wildman–Crippen LogP) is 3.11. The first kappa shape index (κ1) is 17.7. The van der Waals surface area contributed by atoms with E-state index in [1.807, 2.05) is 16.9 Å². The second kappa shape index (κ2) is 5.63. The summed E-state index contributed by atoms with van der Waals surface area (Å²) in [5.74, 6) is 1.97. The third-order valence-electron chi connectivity index (χ3n) is 8.09. The second-order valence-corrected chi connectivity index (χ2v) is 10.3. The van der Waals surface area contributed by atoms with E-state index < -0.39 is 5.60 Å². The first-order valence-electron chi connectivity index (χ1n) is 11.2. The number of aliphatic hydroxyl groups is 1. The van der Waals surface area contributed by atoms with Gasteiger partial charge in [0.2, 0.25) is 0 Å². The van der Waals surface area contributed by atoms with Crippen molar-refractivity contribution < 1.29 is 5.11 Å². The number of β-amino-alcohol motifs (C(OH)–C–C–N with tert-alkyl or cyclic N) is 1. The molecule has 7 heteroatoms. The average molecular weight is 412 g/mol. The van der Waals surface area contributed by atoms with Gasteiger partial charge in [-0.1, -0.05) is 12.1 Å². The molecule has 0 unspecified atom stereocenters. The van der Waals surface area contributed by atoms with Crippen molar-refractivity contribution in [1.82, 2.24) is 19.7 Å². The van der Waals surface area contributed by atoms with Gasteiger partial charge in [0, 0.05) is 11.5 Å². The number of rotatable bonds is 4. The number of aromatic nitrogens is 4. The summed E-state index contributed by atoms with van der Waals surface area (Å²) in [5.41, 5.74) is 1.60. The van der Waals surface area contributed by atoms with Gasteiger partial charge in [0.25, 0.3) is 0 Å². The van der Waals surface area contributed by atoms with Gasteiger partial charge in [-0.05, 0) is 61.5 Å². The van der Waals surface area contributed by atoms with E-state index in [1.54, 1.807) is 6.33 Å². The smallest absolute Gasteiger partial charge is 0.159 e. The number of fused-ring (bicyclic) bond motifs is 1. The van der Waals surface area contributed by atoms with Gasteiger partial charge in [-0.25, -0.2) is 14.6 Å². The van der Waals surface area contributed by atoms with Crippen molar-refractivity contribution >= 4 is 16.7 Å². The molecule has 31 heavy (non-hydrogen) atoms. The molecule has 4 fully saturated rings. The normalized spacial score (nSPS) is 24.5. The maximum atomic E-state index is 10.6. The number of benzene rings is 1. The molecule has 1 aliphatic heterocycles. The number of nitriles is 1. The van der Waals surface area contributed by atoms with E-state index in [0.717, 1.165) is 48.0 Å². The van der Waals surface area contributed by atoms with E-state index >= 15 is 0 Å². The molecule has 7 rings (SSSR count). The summed E-state index contributed by atoms with van der Waals surface area (Å²) in [6.45, 7) is 1.26. The van der Waals surface area contributed by atoms with Crippen LogP contribution in [0.4, 0.5) is 5.82 Å².